The largest absolute Gasteiger partial charge is 0.491 e. The van der Waals surface area contributed by atoms with Gasteiger partial charge in [0.05, 0.1) is 0 Å². The lowest BCUT2D eigenvalue weighted by Gasteiger charge is -2.30. The van der Waals surface area contributed by atoms with E-state index in [2.05, 4.69) is 29.2 Å². The molecule has 1 aliphatic rings. The molecule has 0 bridgehead atoms. The molecular formula is C24H24ClNO2. The predicted molar refractivity (Wildman–Crippen MR) is 114 cm³/mol. The van der Waals surface area contributed by atoms with Crippen LogP contribution >= 0.6 is 11.6 Å². The zero-order chi connectivity index (χ0) is 19.3. The number of nitrogens with zero attached hydrogens (tertiary/aromatic N) is 1. The topological polar surface area (TPSA) is 32.7 Å². The van der Waals surface area contributed by atoms with Gasteiger partial charge < -0.3 is 9.84 Å². The number of aliphatic hydroxyl groups excluding tert-OH is 1. The Labute approximate surface area is 171 Å². The second kappa shape index (κ2) is 8.78. The normalized spacial score (nSPS) is 15.1. The van der Waals surface area contributed by atoms with Crippen molar-refractivity contribution in [2.45, 2.75) is 19.1 Å². The molecule has 1 unspecified atom stereocenters. The van der Waals surface area contributed by atoms with Gasteiger partial charge in [0.2, 0.25) is 0 Å². The molecule has 0 radical (unpaired) electrons. The summed E-state index contributed by atoms with van der Waals surface area (Å²) in [7, 11) is 0. The smallest absolute Gasteiger partial charge is 0.120 e. The predicted octanol–water partition coefficient (Wildman–Crippen LogP) is 4.81. The summed E-state index contributed by atoms with van der Waals surface area (Å²) in [5, 5.41) is 11.2. The molecular weight excluding hydrogens is 370 g/mol. The van der Waals surface area contributed by atoms with E-state index in [4.69, 9.17) is 16.3 Å². The second-order valence-electron chi connectivity index (χ2n) is 7.26. The van der Waals surface area contributed by atoms with Gasteiger partial charge >= 0.3 is 0 Å². The van der Waals surface area contributed by atoms with E-state index in [1.807, 2.05) is 48.5 Å². The molecule has 4 heteroatoms. The SMILES string of the molecule is OC(COc1cccc(-c2cccc(Cl)c2)c1)CN1CCc2ccccc2C1. The summed E-state index contributed by atoms with van der Waals surface area (Å²) in [6.07, 6.45) is 0.505. The molecule has 0 aromatic heterocycles. The molecule has 0 spiro atoms. The molecule has 3 aromatic rings. The highest BCUT2D eigenvalue weighted by molar-refractivity contribution is 6.30. The number of aliphatic hydroxyl groups is 1. The maximum atomic E-state index is 10.4. The Morgan fingerprint density at radius 2 is 1.68 bits per heavy atom. The number of benzene rings is 3. The molecule has 1 atom stereocenters. The van der Waals surface area contributed by atoms with Crippen molar-refractivity contribution in [3.8, 4) is 16.9 Å². The van der Waals surface area contributed by atoms with Crippen LogP contribution in [-0.2, 0) is 13.0 Å². The van der Waals surface area contributed by atoms with Crippen molar-refractivity contribution < 1.29 is 9.84 Å². The van der Waals surface area contributed by atoms with Crippen molar-refractivity contribution in [2.24, 2.45) is 0 Å². The second-order valence-corrected chi connectivity index (χ2v) is 7.69. The van der Waals surface area contributed by atoms with E-state index >= 15 is 0 Å². The quantitative estimate of drug-likeness (QED) is 0.652. The molecule has 144 valence electrons. The van der Waals surface area contributed by atoms with E-state index in [1.165, 1.54) is 11.1 Å². The monoisotopic (exact) mass is 393 g/mol. The minimum absolute atomic E-state index is 0.275. The number of rotatable bonds is 6. The van der Waals surface area contributed by atoms with E-state index in [9.17, 15) is 5.11 Å². The summed E-state index contributed by atoms with van der Waals surface area (Å²) < 4.78 is 5.86. The van der Waals surface area contributed by atoms with Crippen LogP contribution in [-0.4, -0.2) is 35.8 Å². The first-order valence-electron chi connectivity index (χ1n) is 9.63. The average molecular weight is 394 g/mol. The van der Waals surface area contributed by atoms with Crippen LogP contribution in [0.5, 0.6) is 5.75 Å². The first kappa shape index (κ1) is 19.0. The molecule has 3 nitrogen and oxygen atoms in total. The van der Waals surface area contributed by atoms with Crippen molar-refractivity contribution in [2.75, 3.05) is 19.7 Å². The Bertz CT molecular complexity index is 943. The van der Waals surface area contributed by atoms with Crippen molar-refractivity contribution in [1.82, 2.24) is 4.90 Å². The van der Waals surface area contributed by atoms with Crippen LogP contribution in [0, 0.1) is 0 Å². The molecule has 0 saturated heterocycles. The van der Waals surface area contributed by atoms with E-state index in [1.54, 1.807) is 0 Å². The van der Waals surface area contributed by atoms with Gasteiger partial charge in [-0.3, -0.25) is 4.90 Å². The summed E-state index contributed by atoms with van der Waals surface area (Å²) >= 11 is 6.09. The maximum Gasteiger partial charge on any atom is 0.120 e. The highest BCUT2D eigenvalue weighted by Crippen LogP contribution is 2.26. The van der Waals surface area contributed by atoms with Crippen LogP contribution in [0.2, 0.25) is 5.02 Å². The fourth-order valence-corrected chi connectivity index (χ4v) is 3.88. The van der Waals surface area contributed by atoms with Crippen LogP contribution in [0.3, 0.4) is 0 Å². The molecule has 0 amide bonds. The number of hydrogen-bond acceptors (Lipinski definition) is 3. The number of fused-ring (bicyclic) bond motifs is 1. The lowest BCUT2D eigenvalue weighted by molar-refractivity contribution is 0.0638. The van der Waals surface area contributed by atoms with Crippen LogP contribution in [0.25, 0.3) is 11.1 Å². The Hall–Kier alpha value is -2.33. The molecule has 4 rings (SSSR count). The third kappa shape index (κ3) is 4.74. The third-order valence-corrected chi connectivity index (χ3v) is 5.35. The van der Waals surface area contributed by atoms with Gasteiger partial charge in [-0.05, 0) is 52.9 Å². The lowest BCUT2D eigenvalue weighted by Crippen LogP contribution is -2.38. The van der Waals surface area contributed by atoms with Gasteiger partial charge in [0.15, 0.2) is 0 Å². The standard InChI is InChI=1S/C24H24ClNO2/c25-22-9-3-7-19(13-22)20-8-4-10-24(14-20)28-17-23(27)16-26-12-11-18-5-1-2-6-21(18)15-26/h1-10,13-14,23,27H,11-12,15-17H2. The summed E-state index contributed by atoms with van der Waals surface area (Å²) in [5.74, 6) is 0.750. The molecule has 0 fully saturated rings. The number of β-amino-alcohol motifs (C(OH)–C–C–N with tert-alkyl or cyclic N) is 1. The van der Waals surface area contributed by atoms with Gasteiger partial charge in [-0.1, -0.05) is 60.1 Å². The Morgan fingerprint density at radius 3 is 2.50 bits per heavy atom. The fourth-order valence-electron chi connectivity index (χ4n) is 3.69. The minimum Gasteiger partial charge on any atom is -0.491 e. The van der Waals surface area contributed by atoms with Gasteiger partial charge in [0.1, 0.15) is 18.5 Å². The molecule has 0 aliphatic carbocycles. The molecule has 1 aliphatic heterocycles. The van der Waals surface area contributed by atoms with Gasteiger partial charge in [0.25, 0.3) is 0 Å². The van der Waals surface area contributed by atoms with Gasteiger partial charge in [0, 0.05) is 24.7 Å². The minimum atomic E-state index is -0.528. The van der Waals surface area contributed by atoms with E-state index in [0.29, 0.717) is 11.6 Å². The summed E-state index contributed by atoms with van der Waals surface area (Å²) in [6.45, 7) is 2.75. The Morgan fingerprint density at radius 1 is 0.929 bits per heavy atom. The first-order chi connectivity index (χ1) is 13.7. The zero-order valence-electron chi connectivity index (χ0n) is 15.7. The van der Waals surface area contributed by atoms with Crippen LogP contribution in [0.4, 0.5) is 0 Å². The first-order valence-corrected chi connectivity index (χ1v) is 10.0. The number of halogens is 1. The van der Waals surface area contributed by atoms with Crippen LogP contribution in [0.15, 0.2) is 72.8 Å². The molecule has 1 heterocycles. The summed E-state index contributed by atoms with van der Waals surface area (Å²) in [4.78, 5) is 2.29. The lowest BCUT2D eigenvalue weighted by atomic mass is 10.00. The number of hydrogen-bond donors (Lipinski definition) is 1. The van der Waals surface area contributed by atoms with Crippen molar-refractivity contribution in [3.63, 3.8) is 0 Å². The molecule has 0 saturated carbocycles. The zero-order valence-corrected chi connectivity index (χ0v) is 16.5. The molecule has 3 aromatic carbocycles. The summed E-state index contributed by atoms with van der Waals surface area (Å²) in [6, 6.07) is 24.2. The highest BCUT2D eigenvalue weighted by Gasteiger charge is 2.18. The maximum absolute atomic E-state index is 10.4. The molecule has 28 heavy (non-hydrogen) atoms. The van der Waals surface area contributed by atoms with E-state index < -0.39 is 6.10 Å². The van der Waals surface area contributed by atoms with Gasteiger partial charge in [-0.15, -0.1) is 0 Å². The molecule has 1 N–H and O–H groups in total. The number of ether oxygens (including phenoxy) is 1. The van der Waals surface area contributed by atoms with Gasteiger partial charge in [-0.25, -0.2) is 0 Å². The van der Waals surface area contributed by atoms with Crippen LogP contribution in [0.1, 0.15) is 11.1 Å². The van der Waals surface area contributed by atoms with Gasteiger partial charge in [-0.2, -0.15) is 0 Å². The highest BCUT2D eigenvalue weighted by atomic mass is 35.5. The third-order valence-electron chi connectivity index (χ3n) is 5.11. The summed E-state index contributed by atoms with van der Waals surface area (Å²) in [5.41, 5.74) is 4.87. The fraction of sp³-hybridized carbons (Fsp3) is 0.250. The Kier molecular flexibility index (Phi) is 5.96. The average Bonchev–Trinajstić information content (AvgIpc) is 2.72. The Balaban J connectivity index is 1.33. The van der Waals surface area contributed by atoms with Crippen molar-refractivity contribution in [3.05, 3.63) is 88.9 Å². The van der Waals surface area contributed by atoms with E-state index in [0.717, 1.165) is 36.4 Å². The van der Waals surface area contributed by atoms with Crippen molar-refractivity contribution in [1.29, 1.82) is 0 Å². The van der Waals surface area contributed by atoms with Crippen LogP contribution < -0.4 is 4.74 Å². The van der Waals surface area contributed by atoms with Crippen molar-refractivity contribution >= 4 is 11.6 Å². The van der Waals surface area contributed by atoms with E-state index in [-0.39, 0.29) is 6.61 Å².